The molecule has 138 valence electrons. The Morgan fingerprint density at radius 3 is 1.46 bits per heavy atom. The predicted octanol–water partition coefficient (Wildman–Crippen LogP) is 4.54. The first-order valence-electron chi connectivity index (χ1n) is 9.19. The minimum absolute atomic E-state index is 0.233. The van der Waals surface area contributed by atoms with E-state index in [9.17, 15) is 9.59 Å². The molecule has 0 spiro atoms. The van der Waals surface area contributed by atoms with Crippen molar-refractivity contribution in [1.82, 2.24) is 0 Å². The summed E-state index contributed by atoms with van der Waals surface area (Å²) in [6.45, 7) is 1.86. The van der Waals surface area contributed by atoms with Crippen LogP contribution >= 0.6 is 0 Å². The Balaban J connectivity index is 1.80. The third-order valence-electron chi connectivity index (χ3n) is 4.75. The average molecular weight is 368 g/mol. The van der Waals surface area contributed by atoms with Gasteiger partial charge in [-0.1, -0.05) is 72.3 Å². The van der Waals surface area contributed by atoms with Crippen LogP contribution in [0.15, 0.2) is 102 Å². The average Bonchev–Trinajstić information content (AvgIpc) is 3.00. The molecule has 0 aromatic heterocycles. The van der Waals surface area contributed by atoms with Crippen molar-refractivity contribution >= 4 is 23.2 Å². The highest BCUT2D eigenvalue weighted by molar-refractivity contribution is 6.36. The summed E-state index contributed by atoms with van der Waals surface area (Å²) in [5.74, 6) is -0.595. The van der Waals surface area contributed by atoms with Crippen LogP contribution in [0.5, 0.6) is 0 Å². The number of rotatable bonds is 4. The second kappa shape index (κ2) is 7.53. The molecule has 0 atom stereocenters. The number of anilines is 2. The molecule has 1 aliphatic rings. The van der Waals surface area contributed by atoms with Gasteiger partial charge in [-0.25, -0.2) is 10.0 Å². The summed E-state index contributed by atoms with van der Waals surface area (Å²) in [5.41, 5.74) is 3.38. The van der Waals surface area contributed by atoms with Gasteiger partial charge in [-0.05, 0) is 43.2 Å². The largest absolute Gasteiger partial charge is 0.283 e. The van der Waals surface area contributed by atoms with Crippen LogP contribution < -0.4 is 10.0 Å². The molecule has 3 aromatic rings. The molecule has 0 N–H and O–H groups in total. The Labute approximate surface area is 164 Å². The Morgan fingerprint density at radius 2 is 1.04 bits per heavy atom. The van der Waals surface area contributed by atoms with Crippen LogP contribution in [0.1, 0.15) is 12.5 Å². The third kappa shape index (κ3) is 3.21. The molecule has 28 heavy (non-hydrogen) atoms. The quantitative estimate of drug-likeness (QED) is 0.501. The number of hydrogen-bond acceptors (Lipinski definition) is 2. The van der Waals surface area contributed by atoms with Gasteiger partial charge in [-0.3, -0.25) is 9.59 Å². The molecule has 4 heteroatoms. The molecule has 0 bridgehead atoms. The lowest BCUT2D eigenvalue weighted by atomic mass is 10.0. The van der Waals surface area contributed by atoms with Gasteiger partial charge in [0.15, 0.2) is 0 Å². The van der Waals surface area contributed by atoms with Gasteiger partial charge in [0.1, 0.15) is 5.57 Å². The summed E-state index contributed by atoms with van der Waals surface area (Å²) in [6, 6.07) is 28.4. The van der Waals surface area contributed by atoms with Gasteiger partial charge in [0, 0.05) is 0 Å². The SMILES string of the molecule is CC(Cc1ccccc1)=C1C(=O)N(c2ccccc2)N(c2ccccc2)C1=O. The maximum Gasteiger partial charge on any atom is 0.283 e. The molecule has 2 amide bonds. The number of amides is 2. The van der Waals surface area contributed by atoms with E-state index in [1.165, 1.54) is 10.0 Å². The first-order valence-corrected chi connectivity index (χ1v) is 9.19. The van der Waals surface area contributed by atoms with Crippen molar-refractivity contribution in [3.8, 4) is 0 Å². The highest BCUT2D eigenvalue weighted by Gasteiger charge is 2.43. The Bertz CT molecular complexity index is 968. The van der Waals surface area contributed by atoms with Gasteiger partial charge >= 0.3 is 0 Å². The second-order valence-corrected chi connectivity index (χ2v) is 6.72. The van der Waals surface area contributed by atoms with Crippen molar-refractivity contribution in [2.75, 3.05) is 10.0 Å². The van der Waals surface area contributed by atoms with Crippen molar-refractivity contribution in [1.29, 1.82) is 0 Å². The van der Waals surface area contributed by atoms with E-state index in [4.69, 9.17) is 0 Å². The molecular weight excluding hydrogens is 348 g/mol. The van der Waals surface area contributed by atoms with Crippen molar-refractivity contribution in [3.63, 3.8) is 0 Å². The number of para-hydroxylation sites is 2. The normalized spacial score (nSPS) is 14.0. The molecule has 0 radical (unpaired) electrons. The maximum absolute atomic E-state index is 13.3. The lowest BCUT2D eigenvalue weighted by Gasteiger charge is -2.27. The monoisotopic (exact) mass is 368 g/mol. The first-order chi connectivity index (χ1) is 13.7. The lowest BCUT2D eigenvalue weighted by molar-refractivity contribution is -0.116. The zero-order valence-electron chi connectivity index (χ0n) is 15.6. The fourth-order valence-corrected chi connectivity index (χ4v) is 3.44. The smallest absolute Gasteiger partial charge is 0.267 e. The van der Waals surface area contributed by atoms with E-state index in [0.29, 0.717) is 17.8 Å². The van der Waals surface area contributed by atoms with Crippen LogP contribution in [0.2, 0.25) is 0 Å². The van der Waals surface area contributed by atoms with Gasteiger partial charge < -0.3 is 0 Å². The molecule has 0 saturated carbocycles. The van der Waals surface area contributed by atoms with Crippen LogP contribution in [-0.2, 0) is 16.0 Å². The molecule has 0 aliphatic carbocycles. The van der Waals surface area contributed by atoms with E-state index in [-0.39, 0.29) is 17.4 Å². The van der Waals surface area contributed by atoms with Crippen LogP contribution in [-0.4, -0.2) is 11.8 Å². The summed E-state index contributed by atoms with van der Waals surface area (Å²) in [5, 5.41) is 2.92. The lowest BCUT2D eigenvalue weighted by Crippen LogP contribution is -2.41. The van der Waals surface area contributed by atoms with Crippen LogP contribution in [0.3, 0.4) is 0 Å². The first kappa shape index (κ1) is 17.7. The van der Waals surface area contributed by atoms with Gasteiger partial charge in [-0.15, -0.1) is 0 Å². The molecule has 3 aromatic carbocycles. The van der Waals surface area contributed by atoms with E-state index >= 15 is 0 Å². The number of hydrazine groups is 1. The van der Waals surface area contributed by atoms with E-state index in [2.05, 4.69) is 0 Å². The van der Waals surface area contributed by atoms with Crippen LogP contribution in [0.25, 0.3) is 0 Å². The summed E-state index contributed by atoms with van der Waals surface area (Å²) >= 11 is 0. The Kier molecular flexibility index (Phi) is 4.77. The van der Waals surface area contributed by atoms with E-state index < -0.39 is 0 Å². The van der Waals surface area contributed by atoms with E-state index in [0.717, 1.165) is 11.1 Å². The highest BCUT2D eigenvalue weighted by Crippen LogP contribution is 2.33. The number of carbonyl (C=O) groups is 2. The molecule has 1 aliphatic heterocycles. The Hall–Kier alpha value is -3.66. The predicted molar refractivity (Wildman–Crippen MR) is 111 cm³/mol. The van der Waals surface area contributed by atoms with Crippen LogP contribution in [0, 0.1) is 0 Å². The van der Waals surface area contributed by atoms with E-state index in [1.807, 2.05) is 97.9 Å². The number of carbonyl (C=O) groups excluding carboxylic acids is 2. The molecular formula is C24H20N2O2. The molecule has 0 unspecified atom stereocenters. The fourth-order valence-electron chi connectivity index (χ4n) is 3.44. The molecule has 1 heterocycles. The number of benzene rings is 3. The number of nitrogens with zero attached hydrogens (tertiary/aromatic N) is 2. The zero-order valence-corrected chi connectivity index (χ0v) is 15.6. The summed E-state index contributed by atoms with van der Waals surface area (Å²) in [6.07, 6.45) is 0.554. The fraction of sp³-hybridized carbons (Fsp3) is 0.0833. The number of hydrogen-bond donors (Lipinski definition) is 0. The minimum Gasteiger partial charge on any atom is -0.267 e. The van der Waals surface area contributed by atoms with Gasteiger partial charge in [0.25, 0.3) is 11.8 Å². The third-order valence-corrected chi connectivity index (χ3v) is 4.75. The standard InChI is InChI=1S/C24H20N2O2/c1-18(17-19-11-5-2-6-12-19)22-23(27)25(20-13-7-3-8-14-20)26(24(22)28)21-15-9-4-10-16-21/h2-16H,17H2,1H3. The highest BCUT2D eigenvalue weighted by atomic mass is 16.2. The topological polar surface area (TPSA) is 40.6 Å². The van der Waals surface area contributed by atoms with Gasteiger partial charge in [0.2, 0.25) is 0 Å². The summed E-state index contributed by atoms with van der Waals surface area (Å²) in [4.78, 5) is 26.7. The summed E-state index contributed by atoms with van der Waals surface area (Å²) < 4.78 is 0. The van der Waals surface area contributed by atoms with E-state index in [1.54, 1.807) is 0 Å². The minimum atomic E-state index is -0.298. The van der Waals surface area contributed by atoms with Crippen LogP contribution in [0.4, 0.5) is 11.4 Å². The van der Waals surface area contributed by atoms with Gasteiger partial charge in [-0.2, -0.15) is 0 Å². The molecule has 4 rings (SSSR count). The summed E-state index contributed by atoms with van der Waals surface area (Å²) in [7, 11) is 0. The van der Waals surface area contributed by atoms with Crippen molar-refractivity contribution in [2.24, 2.45) is 0 Å². The Morgan fingerprint density at radius 1 is 0.643 bits per heavy atom. The van der Waals surface area contributed by atoms with Gasteiger partial charge in [0.05, 0.1) is 11.4 Å². The number of allylic oxidation sites excluding steroid dienone is 1. The second-order valence-electron chi connectivity index (χ2n) is 6.72. The van der Waals surface area contributed by atoms with Crippen molar-refractivity contribution in [3.05, 3.63) is 108 Å². The molecule has 1 saturated heterocycles. The molecule has 4 nitrogen and oxygen atoms in total. The van der Waals surface area contributed by atoms with Crippen molar-refractivity contribution in [2.45, 2.75) is 13.3 Å². The molecule has 1 fully saturated rings. The van der Waals surface area contributed by atoms with Crippen molar-refractivity contribution < 1.29 is 9.59 Å². The maximum atomic E-state index is 13.3. The zero-order chi connectivity index (χ0) is 19.5.